The monoisotopic (exact) mass is 131 g/mol. The summed E-state index contributed by atoms with van der Waals surface area (Å²) in [5.74, 6) is 0. The third-order valence-electron chi connectivity index (χ3n) is 1.08. The predicted molar refractivity (Wildman–Crippen MR) is 34.0 cm³/mol. The van der Waals surface area contributed by atoms with Gasteiger partial charge in [-0.1, -0.05) is 0 Å². The van der Waals surface area contributed by atoms with E-state index in [0.717, 1.165) is 0 Å². The average molecular weight is 131 g/mol. The summed E-state index contributed by atoms with van der Waals surface area (Å²) in [6, 6.07) is 0. The van der Waals surface area contributed by atoms with Crippen molar-refractivity contribution in [2.24, 2.45) is 0 Å². The summed E-state index contributed by atoms with van der Waals surface area (Å²) in [6.07, 6.45) is 7.20. The van der Waals surface area contributed by atoms with E-state index >= 15 is 0 Å². The van der Waals surface area contributed by atoms with Gasteiger partial charge in [0.25, 0.3) is 0 Å². The van der Waals surface area contributed by atoms with Crippen LogP contribution in [0.2, 0.25) is 0 Å². The third kappa shape index (κ3) is 0.699. The van der Waals surface area contributed by atoms with Crippen molar-refractivity contribution < 1.29 is 0 Å². The van der Waals surface area contributed by atoms with Gasteiger partial charge < -0.3 is 0 Å². The standard InChI is InChI=1S/C6H3N4/c1-2-8-6-5(7-1)9-3-4-10-6/h1-3H. The zero-order valence-electron chi connectivity index (χ0n) is 5.02. The lowest BCUT2D eigenvalue weighted by Gasteiger charge is -1.88. The zero-order chi connectivity index (χ0) is 6.81. The van der Waals surface area contributed by atoms with E-state index in [1.165, 1.54) is 6.20 Å². The highest BCUT2D eigenvalue weighted by Crippen LogP contribution is 1.95. The Bertz CT molecular complexity index is 281. The molecule has 2 heterocycles. The molecule has 0 bridgehead atoms. The van der Waals surface area contributed by atoms with Crippen LogP contribution in [0.5, 0.6) is 0 Å². The average Bonchev–Trinajstić information content (AvgIpc) is 2.05. The van der Waals surface area contributed by atoms with Gasteiger partial charge in [0.05, 0.1) is 6.20 Å². The van der Waals surface area contributed by atoms with Crippen LogP contribution >= 0.6 is 0 Å². The molecule has 2 rings (SSSR count). The van der Waals surface area contributed by atoms with E-state index in [1.54, 1.807) is 12.4 Å². The lowest BCUT2D eigenvalue weighted by atomic mass is 10.6. The second-order valence-electron chi connectivity index (χ2n) is 1.70. The van der Waals surface area contributed by atoms with Crippen LogP contribution in [-0.4, -0.2) is 19.9 Å². The van der Waals surface area contributed by atoms with Crippen LogP contribution < -0.4 is 0 Å². The molecule has 0 aliphatic rings. The Hall–Kier alpha value is -1.58. The molecule has 4 nitrogen and oxygen atoms in total. The minimum absolute atomic E-state index is 0.532. The molecule has 0 fully saturated rings. The van der Waals surface area contributed by atoms with Crippen molar-refractivity contribution >= 4 is 11.3 Å². The summed E-state index contributed by atoms with van der Waals surface area (Å²) < 4.78 is 0. The van der Waals surface area contributed by atoms with Gasteiger partial charge in [0.1, 0.15) is 6.20 Å². The smallest absolute Gasteiger partial charge is 0.198 e. The van der Waals surface area contributed by atoms with Gasteiger partial charge >= 0.3 is 0 Å². The number of nitrogens with zero attached hydrogens (tertiary/aromatic N) is 4. The number of rotatable bonds is 0. The molecule has 2 aromatic rings. The van der Waals surface area contributed by atoms with Crippen LogP contribution in [0.1, 0.15) is 0 Å². The first kappa shape index (κ1) is 5.22. The van der Waals surface area contributed by atoms with E-state index < -0.39 is 0 Å². The molecule has 0 unspecified atom stereocenters. The summed E-state index contributed by atoms with van der Waals surface area (Å²) >= 11 is 0. The first-order valence-electron chi connectivity index (χ1n) is 2.76. The highest BCUT2D eigenvalue weighted by Gasteiger charge is 1.92. The zero-order valence-corrected chi connectivity index (χ0v) is 5.02. The van der Waals surface area contributed by atoms with Gasteiger partial charge in [-0.3, -0.25) is 0 Å². The number of aromatic nitrogens is 4. The molecule has 0 amide bonds. The van der Waals surface area contributed by atoms with E-state index in [-0.39, 0.29) is 0 Å². The van der Waals surface area contributed by atoms with Crippen LogP contribution in [0.3, 0.4) is 0 Å². The van der Waals surface area contributed by atoms with Gasteiger partial charge in [0.2, 0.25) is 0 Å². The third-order valence-corrected chi connectivity index (χ3v) is 1.08. The molecule has 0 atom stereocenters. The molecule has 0 aliphatic carbocycles. The number of hydrogen-bond acceptors (Lipinski definition) is 4. The van der Waals surface area contributed by atoms with Crippen molar-refractivity contribution in [1.82, 2.24) is 19.9 Å². The highest BCUT2D eigenvalue weighted by molar-refractivity contribution is 5.62. The number of hydrogen-bond donors (Lipinski definition) is 0. The van der Waals surface area contributed by atoms with E-state index in [4.69, 9.17) is 0 Å². The highest BCUT2D eigenvalue weighted by atomic mass is 15.0. The first-order chi connectivity index (χ1) is 4.97. The second-order valence-corrected chi connectivity index (χ2v) is 1.70. The molecule has 0 saturated heterocycles. The van der Waals surface area contributed by atoms with E-state index in [1.807, 2.05) is 0 Å². The summed E-state index contributed by atoms with van der Waals surface area (Å²) in [6.45, 7) is 0. The van der Waals surface area contributed by atoms with Gasteiger partial charge in [-0.05, 0) is 0 Å². The quantitative estimate of drug-likeness (QED) is 0.513. The van der Waals surface area contributed by atoms with Crippen LogP contribution in [0.15, 0.2) is 18.6 Å². The van der Waals surface area contributed by atoms with Gasteiger partial charge in [-0.25, -0.2) is 19.9 Å². The van der Waals surface area contributed by atoms with Crippen LogP contribution in [0, 0.1) is 6.20 Å². The van der Waals surface area contributed by atoms with Gasteiger partial charge in [0.15, 0.2) is 11.3 Å². The summed E-state index contributed by atoms with van der Waals surface area (Å²) in [4.78, 5) is 15.5. The molecule has 0 spiro atoms. The molecule has 0 saturated carbocycles. The molecule has 1 radical (unpaired) electrons. The van der Waals surface area contributed by atoms with Crippen LogP contribution in [0.25, 0.3) is 11.3 Å². The second kappa shape index (κ2) is 1.98. The molecular weight excluding hydrogens is 128 g/mol. The Morgan fingerprint density at radius 3 is 2.60 bits per heavy atom. The topological polar surface area (TPSA) is 51.6 Å². The molecule has 2 aromatic heterocycles. The largest absolute Gasteiger partial charge is 0.232 e. The fourth-order valence-corrected chi connectivity index (χ4v) is 0.673. The van der Waals surface area contributed by atoms with Gasteiger partial charge in [-0.15, -0.1) is 0 Å². The predicted octanol–water partition coefficient (Wildman–Crippen LogP) is 0.220. The van der Waals surface area contributed by atoms with Crippen molar-refractivity contribution in [1.29, 1.82) is 0 Å². The van der Waals surface area contributed by atoms with Gasteiger partial charge in [0, 0.05) is 12.4 Å². The summed E-state index contributed by atoms with van der Waals surface area (Å²) in [5.41, 5.74) is 1.09. The normalized spacial score (nSPS) is 10.0. The fourth-order valence-electron chi connectivity index (χ4n) is 0.673. The van der Waals surface area contributed by atoms with Crippen molar-refractivity contribution in [2.45, 2.75) is 0 Å². The molecular formula is C6H3N4. The lowest BCUT2D eigenvalue weighted by Crippen LogP contribution is -1.87. The van der Waals surface area contributed by atoms with Crippen molar-refractivity contribution in [3.05, 3.63) is 24.8 Å². The molecule has 0 N–H and O–H groups in total. The summed E-state index contributed by atoms with van der Waals surface area (Å²) in [7, 11) is 0. The fraction of sp³-hybridized carbons (Fsp3) is 0. The Labute approximate surface area is 57.0 Å². The molecule has 47 valence electrons. The van der Waals surface area contributed by atoms with Crippen molar-refractivity contribution in [3.8, 4) is 0 Å². The molecule has 0 aliphatic heterocycles. The maximum absolute atomic E-state index is 3.93. The lowest BCUT2D eigenvalue weighted by molar-refractivity contribution is 1.15. The Morgan fingerprint density at radius 1 is 1.00 bits per heavy atom. The van der Waals surface area contributed by atoms with Crippen LogP contribution in [0.4, 0.5) is 0 Å². The Morgan fingerprint density at radius 2 is 1.80 bits per heavy atom. The molecule has 0 aromatic carbocycles. The Kier molecular flexibility index (Phi) is 1.04. The van der Waals surface area contributed by atoms with Crippen molar-refractivity contribution in [2.75, 3.05) is 0 Å². The van der Waals surface area contributed by atoms with E-state index in [2.05, 4.69) is 26.1 Å². The maximum Gasteiger partial charge on any atom is 0.198 e. The SMILES string of the molecule is [c]1cnc2nccnc2n1. The summed E-state index contributed by atoms with van der Waals surface area (Å²) in [5, 5.41) is 0. The molecule has 4 heteroatoms. The van der Waals surface area contributed by atoms with E-state index in [9.17, 15) is 0 Å². The molecule has 10 heavy (non-hydrogen) atoms. The minimum atomic E-state index is 0.532. The number of fused-ring (bicyclic) bond motifs is 1. The van der Waals surface area contributed by atoms with Crippen LogP contribution in [-0.2, 0) is 0 Å². The van der Waals surface area contributed by atoms with Gasteiger partial charge in [-0.2, -0.15) is 0 Å². The van der Waals surface area contributed by atoms with Crippen molar-refractivity contribution in [3.63, 3.8) is 0 Å². The maximum atomic E-state index is 3.93. The minimum Gasteiger partial charge on any atom is -0.232 e. The first-order valence-corrected chi connectivity index (χ1v) is 2.76. The van der Waals surface area contributed by atoms with E-state index in [0.29, 0.717) is 11.3 Å². The Balaban J connectivity index is 2.89.